The van der Waals surface area contributed by atoms with Gasteiger partial charge in [-0.15, -0.1) is 0 Å². The Morgan fingerprint density at radius 3 is 2.74 bits per heavy atom. The highest BCUT2D eigenvalue weighted by Crippen LogP contribution is 2.33. The van der Waals surface area contributed by atoms with Gasteiger partial charge in [0.05, 0.1) is 18.7 Å². The van der Waals surface area contributed by atoms with Crippen molar-refractivity contribution in [2.24, 2.45) is 5.92 Å². The maximum Gasteiger partial charge on any atom is 0.337 e. The molecule has 0 bridgehead atoms. The molecule has 4 heteroatoms. The molecule has 0 radical (unpaired) electrons. The highest BCUT2D eigenvalue weighted by atomic mass is 16.5. The average Bonchev–Trinajstić information content (AvgIpc) is 3.22. The van der Waals surface area contributed by atoms with Gasteiger partial charge >= 0.3 is 5.97 Å². The zero-order valence-electron chi connectivity index (χ0n) is 13.8. The first-order valence-corrected chi connectivity index (χ1v) is 8.68. The molecule has 0 unspecified atom stereocenters. The summed E-state index contributed by atoms with van der Waals surface area (Å²) in [5, 5.41) is 3.15. The Hall–Kier alpha value is -1.84. The molecule has 0 saturated heterocycles. The molecule has 1 aromatic carbocycles. The van der Waals surface area contributed by atoms with Gasteiger partial charge in [-0.25, -0.2) is 4.79 Å². The van der Waals surface area contributed by atoms with Gasteiger partial charge < -0.3 is 10.1 Å². The third kappa shape index (κ3) is 3.74. The average molecular weight is 315 g/mol. The lowest BCUT2D eigenvalue weighted by molar-refractivity contribution is -0.122. The van der Waals surface area contributed by atoms with Crippen LogP contribution in [0.4, 0.5) is 0 Å². The van der Waals surface area contributed by atoms with Gasteiger partial charge in [0.2, 0.25) is 5.91 Å². The third-order valence-electron chi connectivity index (χ3n) is 5.23. The normalized spacial score (nSPS) is 20.3. The lowest BCUT2D eigenvalue weighted by atomic mass is 10.0. The molecule has 1 amide bonds. The standard InChI is InChI=1S/C19H25NO3/c1-23-19(22)15-8-7-14-9-10-17(16(14)12-15)20-18(21)11-6-13-4-2-3-5-13/h7-8,12-13,17H,2-6,9-11H2,1H3,(H,20,21)/t17-/m1/s1. The van der Waals surface area contributed by atoms with Crippen LogP contribution >= 0.6 is 0 Å². The molecule has 1 atom stereocenters. The van der Waals surface area contributed by atoms with Gasteiger partial charge in [-0.1, -0.05) is 31.7 Å². The summed E-state index contributed by atoms with van der Waals surface area (Å²) >= 11 is 0. The predicted molar refractivity (Wildman–Crippen MR) is 88.2 cm³/mol. The van der Waals surface area contributed by atoms with E-state index in [9.17, 15) is 9.59 Å². The quantitative estimate of drug-likeness (QED) is 0.845. The fourth-order valence-electron chi connectivity index (χ4n) is 3.90. The number of aryl methyl sites for hydroxylation is 1. The predicted octanol–water partition coefficient (Wildman–Crippen LogP) is 3.55. The lowest BCUT2D eigenvalue weighted by Crippen LogP contribution is -2.27. The summed E-state index contributed by atoms with van der Waals surface area (Å²) in [7, 11) is 1.39. The second kappa shape index (κ2) is 7.16. The van der Waals surface area contributed by atoms with Gasteiger partial charge in [0.15, 0.2) is 0 Å². The van der Waals surface area contributed by atoms with Crippen LogP contribution in [0.25, 0.3) is 0 Å². The molecule has 0 aromatic heterocycles. The number of ether oxygens (including phenoxy) is 1. The number of benzene rings is 1. The monoisotopic (exact) mass is 315 g/mol. The van der Waals surface area contributed by atoms with Crippen LogP contribution in [0, 0.1) is 5.92 Å². The molecule has 23 heavy (non-hydrogen) atoms. The van der Waals surface area contributed by atoms with Crippen LogP contribution in [0.5, 0.6) is 0 Å². The molecule has 124 valence electrons. The number of esters is 1. The van der Waals surface area contributed by atoms with Crippen molar-refractivity contribution in [1.82, 2.24) is 5.32 Å². The van der Waals surface area contributed by atoms with Gasteiger partial charge in [0.1, 0.15) is 0 Å². The summed E-state index contributed by atoms with van der Waals surface area (Å²) in [6.45, 7) is 0. The van der Waals surface area contributed by atoms with Crippen molar-refractivity contribution in [1.29, 1.82) is 0 Å². The van der Waals surface area contributed by atoms with E-state index in [1.54, 1.807) is 6.07 Å². The Morgan fingerprint density at radius 1 is 1.22 bits per heavy atom. The van der Waals surface area contributed by atoms with Crippen molar-refractivity contribution in [3.8, 4) is 0 Å². The molecule has 1 fully saturated rings. The Labute approximate surface area is 137 Å². The number of hydrogen-bond donors (Lipinski definition) is 1. The highest BCUT2D eigenvalue weighted by Gasteiger charge is 2.25. The fraction of sp³-hybridized carbons (Fsp3) is 0.579. The van der Waals surface area contributed by atoms with Crippen molar-refractivity contribution in [2.45, 2.75) is 57.4 Å². The SMILES string of the molecule is COC(=O)c1ccc2c(c1)[C@H](NC(=O)CCC1CCCC1)CC2. The topological polar surface area (TPSA) is 55.4 Å². The molecule has 0 aliphatic heterocycles. The molecular weight excluding hydrogens is 290 g/mol. The Balaban J connectivity index is 1.60. The van der Waals surface area contributed by atoms with E-state index in [1.165, 1.54) is 38.4 Å². The number of fused-ring (bicyclic) bond motifs is 1. The number of rotatable bonds is 5. The summed E-state index contributed by atoms with van der Waals surface area (Å²) < 4.78 is 4.78. The number of carbonyl (C=O) groups excluding carboxylic acids is 2. The van der Waals surface area contributed by atoms with E-state index in [2.05, 4.69) is 5.32 Å². The largest absolute Gasteiger partial charge is 0.465 e. The van der Waals surface area contributed by atoms with Crippen molar-refractivity contribution in [3.63, 3.8) is 0 Å². The van der Waals surface area contributed by atoms with Crippen molar-refractivity contribution in [2.75, 3.05) is 7.11 Å². The molecule has 1 N–H and O–H groups in total. The Bertz CT molecular complexity index is 590. The molecule has 3 rings (SSSR count). The molecule has 0 spiro atoms. The highest BCUT2D eigenvalue weighted by molar-refractivity contribution is 5.89. The third-order valence-corrected chi connectivity index (χ3v) is 5.23. The smallest absolute Gasteiger partial charge is 0.337 e. The van der Waals surface area contributed by atoms with E-state index in [4.69, 9.17) is 4.74 Å². The summed E-state index contributed by atoms with van der Waals surface area (Å²) in [5.41, 5.74) is 2.85. The molecular formula is C19H25NO3. The van der Waals surface area contributed by atoms with E-state index in [0.717, 1.165) is 30.7 Å². The van der Waals surface area contributed by atoms with Crippen molar-refractivity contribution in [3.05, 3.63) is 34.9 Å². The molecule has 0 heterocycles. The second-order valence-corrected chi connectivity index (χ2v) is 6.75. The van der Waals surface area contributed by atoms with Gasteiger partial charge in [-0.05, 0) is 48.4 Å². The molecule has 2 aliphatic rings. The minimum atomic E-state index is -0.328. The fourth-order valence-corrected chi connectivity index (χ4v) is 3.90. The van der Waals surface area contributed by atoms with Crippen molar-refractivity contribution < 1.29 is 14.3 Å². The summed E-state index contributed by atoms with van der Waals surface area (Å²) in [5.74, 6) is 0.548. The van der Waals surface area contributed by atoms with Crippen LogP contribution in [-0.4, -0.2) is 19.0 Å². The first kappa shape index (κ1) is 16.0. The molecule has 1 saturated carbocycles. The number of methoxy groups -OCH3 is 1. The van der Waals surface area contributed by atoms with Crippen LogP contribution in [-0.2, 0) is 16.0 Å². The minimum absolute atomic E-state index is 0.0330. The first-order valence-electron chi connectivity index (χ1n) is 8.68. The van der Waals surface area contributed by atoms with Crippen LogP contribution in [0.3, 0.4) is 0 Å². The van der Waals surface area contributed by atoms with Crippen LogP contribution in [0.15, 0.2) is 18.2 Å². The summed E-state index contributed by atoms with van der Waals surface area (Å²) in [6.07, 6.45) is 8.68. The zero-order chi connectivity index (χ0) is 16.2. The molecule has 1 aromatic rings. The maximum atomic E-state index is 12.2. The van der Waals surface area contributed by atoms with Gasteiger partial charge in [0.25, 0.3) is 0 Å². The number of amides is 1. The maximum absolute atomic E-state index is 12.2. The van der Waals surface area contributed by atoms with Gasteiger partial charge in [-0.3, -0.25) is 4.79 Å². The van der Waals surface area contributed by atoms with Crippen LogP contribution in [0.1, 0.15) is 72.5 Å². The van der Waals surface area contributed by atoms with E-state index < -0.39 is 0 Å². The van der Waals surface area contributed by atoms with E-state index in [0.29, 0.717) is 12.0 Å². The van der Waals surface area contributed by atoms with Crippen LogP contribution < -0.4 is 5.32 Å². The second-order valence-electron chi connectivity index (χ2n) is 6.75. The van der Waals surface area contributed by atoms with E-state index in [-0.39, 0.29) is 17.9 Å². The summed E-state index contributed by atoms with van der Waals surface area (Å²) in [4.78, 5) is 23.9. The van der Waals surface area contributed by atoms with Gasteiger partial charge in [-0.2, -0.15) is 0 Å². The molecule has 4 nitrogen and oxygen atoms in total. The number of hydrogen-bond acceptors (Lipinski definition) is 3. The Morgan fingerprint density at radius 2 is 2.00 bits per heavy atom. The minimum Gasteiger partial charge on any atom is -0.465 e. The Kier molecular flexibility index (Phi) is 4.99. The van der Waals surface area contributed by atoms with Crippen LogP contribution in [0.2, 0.25) is 0 Å². The number of nitrogens with one attached hydrogen (secondary N) is 1. The van der Waals surface area contributed by atoms with E-state index >= 15 is 0 Å². The summed E-state index contributed by atoms with van der Waals surface area (Å²) in [6, 6.07) is 5.68. The number of carbonyl (C=O) groups is 2. The zero-order valence-corrected chi connectivity index (χ0v) is 13.8. The lowest BCUT2D eigenvalue weighted by Gasteiger charge is -2.16. The van der Waals surface area contributed by atoms with E-state index in [1.807, 2.05) is 12.1 Å². The van der Waals surface area contributed by atoms with Crippen molar-refractivity contribution >= 4 is 11.9 Å². The van der Waals surface area contributed by atoms with Gasteiger partial charge in [0, 0.05) is 6.42 Å². The first-order chi connectivity index (χ1) is 11.2. The molecule has 2 aliphatic carbocycles.